The van der Waals surface area contributed by atoms with E-state index in [1.807, 2.05) is 17.0 Å². The number of aromatic nitrogens is 2. The number of ether oxygens (including phenoxy) is 1. The number of hydrogen-bond acceptors (Lipinski definition) is 5. The quantitative estimate of drug-likeness (QED) is 0.835. The topological polar surface area (TPSA) is 68.5 Å². The molecule has 0 radical (unpaired) electrons. The lowest BCUT2D eigenvalue weighted by Gasteiger charge is -2.30. The number of aryl methyl sites for hydroxylation is 1. The van der Waals surface area contributed by atoms with Gasteiger partial charge in [0.1, 0.15) is 12.4 Å². The average molecular weight is 348 g/mol. The molecule has 2 aromatic rings. The van der Waals surface area contributed by atoms with E-state index in [4.69, 9.17) is 20.9 Å². The van der Waals surface area contributed by atoms with Crippen LogP contribution in [0, 0.1) is 12.8 Å². The smallest absolute Gasteiger partial charge is 0.230 e. The Balaban J connectivity index is 1.53. The molecule has 1 aromatic carbocycles. The summed E-state index contributed by atoms with van der Waals surface area (Å²) in [5, 5.41) is 4.65. The second kappa shape index (κ2) is 6.09. The van der Waals surface area contributed by atoms with Crippen molar-refractivity contribution in [3.05, 3.63) is 40.5 Å². The third-order valence-corrected chi connectivity index (χ3v) is 4.89. The van der Waals surface area contributed by atoms with Gasteiger partial charge in [-0.15, -0.1) is 0 Å². The van der Waals surface area contributed by atoms with E-state index in [0.29, 0.717) is 29.8 Å². The van der Waals surface area contributed by atoms with Gasteiger partial charge in [-0.3, -0.25) is 4.79 Å². The van der Waals surface area contributed by atoms with Crippen molar-refractivity contribution in [3.8, 4) is 5.75 Å². The van der Waals surface area contributed by atoms with Gasteiger partial charge in [0.15, 0.2) is 5.82 Å². The van der Waals surface area contributed by atoms with Crippen LogP contribution in [0.5, 0.6) is 5.75 Å². The van der Waals surface area contributed by atoms with Gasteiger partial charge in [0.05, 0.1) is 12.0 Å². The predicted octanol–water partition coefficient (Wildman–Crippen LogP) is 2.95. The van der Waals surface area contributed by atoms with E-state index in [0.717, 1.165) is 30.7 Å². The summed E-state index contributed by atoms with van der Waals surface area (Å²) in [5.74, 6) is 1.82. The summed E-state index contributed by atoms with van der Waals surface area (Å²) < 4.78 is 10.8. The average Bonchev–Trinajstić information content (AvgIpc) is 3.22. The van der Waals surface area contributed by atoms with Gasteiger partial charge >= 0.3 is 0 Å². The number of benzene rings is 1. The van der Waals surface area contributed by atoms with Gasteiger partial charge in [0, 0.05) is 18.5 Å². The normalized spacial score (nSPS) is 23.0. The van der Waals surface area contributed by atoms with Crippen molar-refractivity contribution in [1.82, 2.24) is 15.0 Å². The fourth-order valence-corrected chi connectivity index (χ4v) is 3.70. The molecule has 0 spiro atoms. The summed E-state index contributed by atoms with van der Waals surface area (Å²) in [4.78, 5) is 19.2. The Bertz CT molecular complexity index is 776. The first kappa shape index (κ1) is 15.4. The SMILES string of the molecule is Cc1nc([C@H]2CCCN2C(=O)[C@@H]2COc3ccc(Cl)cc3C2)no1. The molecule has 4 rings (SSSR count). The Morgan fingerprint density at radius 2 is 2.29 bits per heavy atom. The maximum absolute atomic E-state index is 13.0. The van der Waals surface area contributed by atoms with Crippen molar-refractivity contribution in [2.75, 3.05) is 13.2 Å². The number of carbonyl (C=O) groups is 1. The predicted molar refractivity (Wildman–Crippen MR) is 86.9 cm³/mol. The zero-order valence-electron chi connectivity index (χ0n) is 13.4. The molecular weight excluding hydrogens is 330 g/mol. The van der Waals surface area contributed by atoms with Crippen LogP contribution in [0.25, 0.3) is 0 Å². The summed E-state index contributed by atoms with van der Waals surface area (Å²) in [6.07, 6.45) is 2.45. The number of hydrogen-bond donors (Lipinski definition) is 0. The molecule has 0 saturated carbocycles. The van der Waals surface area contributed by atoms with Crippen LogP contribution in [-0.2, 0) is 11.2 Å². The first-order valence-corrected chi connectivity index (χ1v) is 8.51. The number of fused-ring (bicyclic) bond motifs is 1. The van der Waals surface area contributed by atoms with Gasteiger partial charge < -0.3 is 14.2 Å². The number of nitrogens with zero attached hydrogens (tertiary/aromatic N) is 3. The molecule has 1 aromatic heterocycles. The molecule has 126 valence electrons. The summed E-state index contributed by atoms with van der Waals surface area (Å²) in [6, 6.07) is 5.44. The molecular formula is C17H18ClN3O3. The van der Waals surface area contributed by atoms with Crippen LogP contribution >= 0.6 is 11.6 Å². The summed E-state index contributed by atoms with van der Waals surface area (Å²) in [6.45, 7) is 2.87. The van der Waals surface area contributed by atoms with E-state index in [2.05, 4.69) is 10.1 Å². The molecule has 2 aliphatic heterocycles. The zero-order valence-corrected chi connectivity index (χ0v) is 14.1. The number of rotatable bonds is 2. The highest BCUT2D eigenvalue weighted by Crippen LogP contribution is 2.35. The minimum Gasteiger partial charge on any atom is -0.492 e. The fraction of sp³-hybridized carbons (Fsp3) is 0.471. The lowest BCUT2D eigenvalue weighted by molar-refractivity contribution is -0.138. The third-order valence-electron chi connectivity index (χ3n) is 4.66. The van der Waals surface area contributed by atoms with Gasteiger partial charge in [-0.1, -0.05) is 16.8 Å². The Labute approximate surface area is 144 Å². The molecule has 7 heteroatoms. The molecule has 1 saturated heterocycles. The Kier molecular flexibility index (Phi) is 3.92. The van der Waals surface area contributed by atoms with E-state index < -0.39 is 0 Å². The molecule has 1 amide bonds. The Hall–Kier alpha value is -2.08. The van der Waals surface area contributed by atoms with Crippen LogP contribution < -0.4 is 4.74 Å². The third kappa shape index (κ3) is 2.75. The maximum Gasteiger partial charge on any atom is 0.230 e. The zero-order chi connectivity index (χ0) is 16.7. The lowest BCUT2D eigenvalue weighted by atomic mass is 9.95. The Morgan fingerprint density at radius 1 is 1.42 bits per heavy atom. The second-order valence-electron chi connectivity index (χ2n) is 6.33. The molecule has 24 heavy (non-hydrogen) atoms. The van der Waals surface area contributed by atoms with Crippen molar-refractivity contribution in [3.63, 3.8) is 0 Å². The lowest BCUT2D eigenvalue weighted by Crippen LogP contribution is -2.40. The molecule has 6 nitrogen and oxygen atoms in total. The number of carbonyl (C=O) groups excluding carboxylic acids is 1. The molecule has 0 aliphatic carbocycles. The van der Waals surface area contributed by atoms with Crippen LogP contribution in [0.3, 0.4) is 0 Å². The number of likely N-dealkylation sites (tertiary alicyclic amines) is 1. The number of amides is 1. The fourth-order valence-electron chi connectivity index (χ4n) is 3.51. The minimum absolute atomic E-state index is 0.0885. The van der Waals surface area contributed by atoms with Crippen molar-refractivity contribution >= 4 is 17.5 Å². The first-order chi connectivity index (χ1) is 11.6. The van der Waals surface area contributed by atoms with Crippen molar-refractivity contribution in [2.24, 2.45) is 5.92 Å². The molecule has 2 aliphatic rings. The van der Waals surface area contributed by atoms with E-state index in [1.54, 1.807) is 13.0 Å². The van der Waals surface area contributed by atoms with Gasteiger partial charge in [0.2, 0.25) is 11.8 Å². The Morgan fingerprint density at radius 3 is 3.08 bits per heavy atom. The molecule has 0 unspecified atom stereocenters. The van der Waals surface area contributed by atoms with E-state index in [1.165, 1.54) is 0 Å². The van der Waals surface area contributed by atoms with E-state index in [9.17, 15) is 4.79 Å². The van der Waals surface area contributed by atoms with Crippen molar-refractivity contribution in [2.45, 2.75) is 32.2 Å². The van der Waals surface area contributed by atoms with Crippen LogP contribution in [0.4, 0.5) is 0 Å². The molecule has 0 bridgehead atoms. The van der Waals surface area contributed by atoms with Crippen LogP contribution in [0.2, 0.25) is 5.02 Å². The van der Waals surface area contributed by atoms with Gasteiger partial charge in [-0.25, -0.2) is 0 Å². The van der Waals surface area contributed by atoms with E-state index >= 15 is 0 Å². The minimum atomic E-state index is -0.204. The molecule has 0 N–H and O–H groups in total. The second-order valence-corrected chi connectivity index (χ2v) is 6.76. The maximum atomic E-state index is 13.0. The monoisotopic (exact) mass is 347 g/mol. The van der Waals surface area contributed by atoms with Crippen LogP contribution in [-0.4, -0.2) is 34.1 Å². The summed E-state index contributed by atoms with van der Waals surface area (Å²) >= 11 is 6.06. The van der Waals surface area contributed by atoms with Crippen LogP contribution in [0.1, 0.15) is 36.2 Å². The highest BCUT2D eigenvalue weighted by atomic mass is 35.5. The number of halogens is 1. The molecule has 2 atom stereocenters. The highest BCUT2D eigenvalue weighted by Gasteiger charge is 2.38. The van der Waals surface area contributed by atoms with E-state index in [-0.39, 0.29) is 17.9 Å². The standard InChI is InChI=1S/C17H18ClN3O3/c1-10-19-16(20-24-10)14-3-2-6-21(14)17(22)12-7-11-8-13(18)4-5-15(11)23-9-12/h4-5,8,12,14H,2-3,6-7,9H2,1H3/t12-,14+/m0/s1. The first-order valence-electron chi connectivity index (χ1n) is 8.14. The highest BCUT2D eigenvalue weighted by molar-refractivity contribution is 6.30. The molecule has 3 heterocycles. The van der Waals surface area contributed by atoms with Crippen molar-refractivity contribution < 1.29 is 14.1 Å². The van der Waals surface area contributed by atoms with Crippen molar-refractivity contribution in [1.29, 1.82) is 0 Å². The van der Waals surface area contributed by atoms with Gasteiger partial charge in [-0.05, 0) is 43.0 Å². The molecule has 1 fully saturated rings. The largest absolute Gasteiger partial charge is 0.492 e. The summed E-state index contributed by atoms with van der Waals surface area (Å²) in [7, 11) is 0. The summed E-state index contributed by atoms with van der Waals surface area (Å²) in [5.41, 5.74) is 0.984. The van der Waals surface area contributed by atoms with Gasteiger partial charge in [0.25, 0.3) is 0 Å². The van der Waals surface area contributed by atoms with Crippen LogP contribution in [0.15, 0.2) is 22.7 Å². The van der Waals surface area contributed by atoms with Gasteiger partial charge in [-0.2, -0.15) is 4.98 Å².